The molecule has 2 aromatic rings. The maximum atomic E-state index is 6.05. The summed E-state index contributed by atoms with van der Waals surface area (Å²) in [5.74, 6) is 1.30. The molecule has 0 aromatic heterocycles. The first kappa shape index (κ1) is 14.2. The Labute approximate surface area is 123 Å². The van der Waals surface area contributed by atoms with Crippen molar-refractivity contribution in [1.82, 2.24) is 5.32 Å². The highest BCUT2D eigenvalue weighted by Gasteiger charge is 2.04. The Morgan fingerprint density at radius 2 is 1.79 bits per heavy atom. The zero-order valence-corrected chi connectivity index (χ0v) is 12.1. The highest BCUT2D eigenvalue weighted by atomic mass is 35.5. The minimum Gasteiger partial charge on any atom is -0.456 e. The van der Waals surface area contributed by atoms with Gasteiger partial charge in [0.05, 0.1) is 5.02 Å². The molecule has 0 unspecified atom stereocenters. The summed E-state index contributed by atoms with van der Waals surface area (Å²) in [4.78, 5) is 0. The van der Waals surface area contributed by atoms with E-state index in [-0.39, 0.29) is 0 Å². The van der Waals surface area contributed by atoms with E-state index in [0.29, 0.717) is 15.8 Å². The standard InChI is InChI=1S/C15H15Cl2NO/c1-2-18-10-11-3-6-13(7-4-11)19-15-9-12(16)5-8-14(15)17/h3-9,18H,2,10H2,1H3. The van der Waals surface area contributed by atoms with Crippen LogP contribution in [0.15, 0.2) is 42.5 Å². The van der Waals surface area contributed by atoms with Crippen LogP contribution in [-0.4, -0.2) is 6.54 Å². The van der Waals surface area contributed by atoms with Gasteiger partial charge in [0, 0.05) is 17.6 Å². The summed E-state index contributed by atoms with van der Waals surface area (Å²) in [6, 6.07) is 13.0. The molecule has 0 amide bonds. The van der Waals surface area contributed by atoms with Crippen molar-refractivity contribution in [3.05, 3.63) is 58.1 Å². The van der Waals surface area contributed by atoms with E-state index in [1.807, 2.05) is 24.3 Å². The summed E-state index contributed by atoms with van der Waals surface area (Å²) < 4.78 is 5.71. The van der Waals surface area contributed by atoms with Crippen LogP contribution in [0.3, 0.4) is 0 Å². The fourth-order valence-corrected chi connectivity index (χ4v) is 1.95. The molecule has 100 valence electrons. The molecule has 4 heteroatoms. The van der Waals surface area contributed by atoms with Gasteiger partial charge in [0.2, 0.25) is 0 Å². The van der Waals surface area contributed by atoms with Crippen LogP contribution in [0.25, 0.3) is 0 Å². The zero-order chi connectivity index (χ0) is 13.7. The van der Waals surface area contributed by atoms with Crippen molar-refractivity contribution in [2.24, 2.45) is 0 Å². The van der Waals surface area contributed by atoms with E-state index in [1.165, 1.54) is 5.56 Å². The van der Waals surface area contributed by atoms with Crippen molar-refractivity contribution in [3.8, 4) is 11.5 Å². The minimum absolute atomic E-state index is 0.543. The predicted octanol–water partition coefficient (Wildman–Crippen LogP) is 4.90. The molecule has 0 radical (unpaired) electrons. The molecule has 2 aromatic carbocycles. The highest BCUT2D eigenvalue weighted by Crippen LogP contribution is 2.31. The van der Waals surface area contributed by atoms with Crippen molar-refractivity contribution in [2.75, 3.05) is 6.54 Å². The number of nitrogens with one attached hydrogen (secondary N) is 1. The van der Waals surface area contributed by atoms with E-state index >= 15 is 0 Å². The van der Waals surface area contributed by atoms with E-state index in [4.69, 9.17) is 27.9 Å². The Kier molecular flexibility index (Phi) is 5.08. The van der Waals surface area contributed by atoms with Gasteiger partial charge < -0.3 is 10.1 Å². The first-order valence-corrected chi connectivity index (χ1v) is 6.87. The molecule has 2 rings (SSSR count). The molecule has 0 fully saturated rings. The van der Waals surface area contributed by atoms with Crippen molar-refractivity contribution in [1.29, 1.82) is 0 Å². The van der Waals surface area contributed by atoms with Crippen molar-refractivity contribution >= 4 is 23.2 Å². The number of halogens is 2. The molecule has 0 aliphatic carbocycles. The number of rotatable bonds is 5. The summed E-state index contributed by atoms with van der Waals surface area (Å²) in [7, 11) is 0. The fraction of sp³-hybridized carbons (Fsp3) is 0.200. The largest absolute Gasteiger partial charge is 0.456 e. The van der Waals surface area contributed by atoms with Gasteiger partial charge in [-0.2, -0.15) is 0 Å². The highest BCUT2D eigenvalue weighted by molar-refractivity contribution is 6.34. The maximum Gasteiger partial charge on any atom is 0.147 e. The third kappa shape index (κ3) is 4.13. The first-order valence-electron chi connectivity index (χ1n) is 6.11. The van der Waals surface area contributed by atoms with Crippen LogP contribution in [0, 0.1) is 0 Å². The van der Waals surface area contributed by atoms with E-state index in [1.54, 1.807) is 18.2 Å². The monoisotopic (exact) mass is 295 g/mol. The van der Waals surface area contributed by atoms with Gasteiger partial charge in [0.15, 0.2) is 0 Å². The molecule has 0 spiro atoms. The summed E-state index contributed by atoms with van der Waals surface area (Å²) >= 11 is 12.0. The van der Waals surface area contributed by atoms with Crippen LogP contribution in [0.2, 0.25) is 10.0 Å². The van der Waals surface area contributed by atoms with Gasteiger partial charge in [-0.3, -0.25) is 0 Å². The van der Waals surface area contributed by atoms with E-state index < -0.39 is 0 Å². The number of ether oxygens (including phenoxy) is 1. The molecule has 0 atom stereocenters. The van der Waals surface area contributed by atoms with Crippen LogP contribution >= 0.6 is 23.2 Å². The van der Waals surface area contributed by atoms with Crippen LogP contribution in [-0.2, 0) is 6.54 Å². The topological polar surface area (TPSA) is 21.3 Å². The fourth-order valence-electron chi connectivity index (χ4n) is 1.63. The average molecular weight is 296 g/mol. The van der Waals surface area contributed by atoms with Gasteiger partial charge in [-0.15, -0.1) is 0 Å². The molecular formula is C15H15Cl2NO. The lowest BCUT2D eigenvalue weighted by Gasteiger charge is -2.09. The van der Waals surface area contributed by atoms with E-state index in [0.717, 1.165) is 18.8 Å². The minimum atomic E-state index is 0.543. The molecule has 0 saturated carbocycles. The lowest BCUT2D eigenvalue weighted by Crippen LogP contribution is -2.11. The smallest absolute Gasteiger partial charge is 0.147 e. The van der Waals surface area contributed by atoms with Crippen molar-refractivity contribution < 1.29 is 4.74 Å². The van der Waals surface area contributed by atoms with Gasteiger partial charge in [0.1, 0.15) is 11.5 Å². The summed E-state index contributed by atoms with van der Waals surface area (Å²) in [6.45, 7) is 3.89. The molecule has 0 aliphatic heterocycles. The molecule has 19 heavy (non-hydrogen) atoms. The Morgan fingerprint density at radius 1 is 1.05 bits per heavy atom. The SMILES string of the molecule is CCNCc1ccc(Oc2cc(Cl)ccc2Cl)cc1. The van der Waals surface area contributed by atoms with Crippen molar-refractivity contribution in [3.63, 3.8) is 0 Å². The van der Waals surface area contributed by atoms with E-state index in [2.05, 4.69) is 12.2 Å². The van der Waals surface area contributed by atoms with E-state index in [9.17, 15) is 0 Å². The second-order valence-corrected chi connectivity index (χ2v) is 4.94. The summed E-state index contributed by atoms with van der Waals surface area (Å²) in [6.07, 6.45) is 0. The Bertz CT molecular complexity index is 540. The van der Waals surface area contributed by atoms with Gasteiger partial charge in [-0.25, -0.2) is 0 Å². The van der Waals surface area contributed by atoms with Crippen LogP contribution in [0.5, 0.6) is 11.5 Å². The summed E-state index contributed by atoms with van der Waals surface area (Å²) in [5, 5.41) is 4.41. The lowest BCUT2D eigenvalue weighted by atomic mass is 10.2. The maximum absolute atomic E-state index is 6.05. The lowest BCUT2D eigenvalue weighted by molar-refractivity contribution is 0.482. The van der Waals surface area contributed by atoms with Gasteiger partial charge in [-0.05, 0) is 36.4 Å². The molecule has 0 bridgehead atoms. The summed E-state index contributed by atoms with van der Waals surface area (Å²) in [5.41, 5.74) is 1.21. The number of hydrogen-bond acceptors (Lipinski definition) is 2. The van der Waals surface area contributed by atoms with Gasteiger partial charge >= 0.3 is 0 Å². The predicted molar refractivity (Wildman–Crippen MR) is 80.4 cm³/mol. The van der Waals surface area contributed by atoms with Crippen LogP contribution in [0.1, 0.15) is 12.5 Å². The Morgan fingerprint density at radius 3 is 2.47 bits per heavy atom. The third-order valence-electron chi connectivity index (χ3n) is 2.62. The number of benzene rings is 2. The Balaban J connectivity index is 2.08. The molecule has 0 heterocycles. The third-order valence-corrected chi connectivity index (χ3v) is 3.17. The first-order chi connectivity index (χ1) is 9.19. The van der Waals surface area contributed by atoms with Gasteiger partial charge in [-0.1, -0.05) is 42.3 Å². The molecule has 1 N–H and O–H groups in total. The van der Waals surface area contributed by atoms with Crippen LogP contribution < -0.4 is 10.1 Å². The second kappa shape index (κ2) is 6.80. The van der Waals surface area contributed by atoms with Crippen molar-refractivity contribution in [2.45, 2.75) is 13.5 Å². The second-order valence-electron chi connectivity index (χ2n) is 4.10. The van der Waals surface area contributed by atoms with Gasteiger partial charge in [0.25, 0.3) is 0 Å². The Hall–Kier alpha value is -1.22. The van der Waals surface area contributed by atoms with Crippen LogP contribution in [0.4, 0.5) is 0 Å². The molecule has 2 nitrogen and oxygen atoms in total. The molecule has 0 saturated heterocycles. The average Bonchev–Trinajstić information content (AvgIpc) is 2.42. The molecular weight excluding hydrogens is 281 g/mol. The normalized spacial score (nSPS) is 10.5. The quantitative estimate of drug-likeness (QED) is 0.847. The molecule has 0 aliphatic rings. The zero-order valence-electron chi connectivity index (χ0n) is 10.6. The number of hydrogen-bond donors (Lipinski definition) is 1.